The average Bonchev–Trinajstić information content (AvgIpc) is 3.92. The average molecular weight is 977 g/mol. The Morgan fingerprint density at radius 1 is 0.459 bits per heavy atom. The van der Waals surface area contributed by atoms with Crippen LogP contribution in [0.3, 0.4) is 0 Å². The molecule has 0 spiro atoms. The second-order valence-corrected chi connectivity index (χ2v) is 25.0. The molecule has 7 aromatic carbocycles. The summed E-state index contributed by atoms with van der Waals surface area (Å²) < 4.78 is 9.56. The van der Waals surface area contributed by atoms with Gasteiger partial charge >= 0.3 is 0 Å². The van der Waals surface area contributed by atoms with Crippen LogP contribution >= 0.6 is 0 Å². The van der Waals surface area contributed by atoms with Gasteiger partial charge in [-0.3, -0.25) is 4.57 Å². The highest BCUT2D eigenvalue weighted by molar-refractivity contribution is 6.09. The van der Waals surface area contributed by atoms with Gasteiger partial charge in [0.15, 0.2) is 0 Å². The highest BCUT2D eigenvalue weighted by Gasteiger charge is 2.35. The molecule has 2 aromatic heterocycles. The molecule has 9 aromatic rings. The molecule has 0 atom stereocenters. The van der Waals surface area contributed by atoms with E-state index in [1.165, 1.54) is 61.3 Å². The predicted octanol–water partition coefficient (Wildman–Crippen LogP) is 19.4. The van der Waals surface area contributed by atoms with E-state index in [0.717, 1.165) is 50.7 Å². The second kappa shape index (κ2) is 18.7. The van der Waals surface area contributed by atoms with Crippen LogP contribution in [0.25, 0.3) is 38.8 Å². The van der Waals surface area contributed by atoms with Crippen molar-refractivity contribution in [3.63, 3.8) is 0 Å². The number of nitrogens with zero attached hydrogens (tertiary/aromatic N) is 4. The van der Waals surface area contributed by atoms with Crippen LogP contribution in [0.4, 0.5) is 22.7 Å². The zero-order valence-electron chi connectivity index (χ0n) is 46.6. The fourth-order valence-corrected chi connectivity index (χ4v) is 11.3. The molecule has 0 N–H and O–H groups in total. The van der Waals surface area contributed by atoms with Crippen molar-refractivity contribution in [3.8, 4) is 28.4 Å². The smallest absolute Gasteiger partial charge is 0.137 e. The zero-order valence-corrected chi connectivity index (χ0v) is 46.6. The van der Waals surface area contributed by atoms with Gasteiger partial charge in [0.25, 0.3) is 0 Å². The Hall–Kier alpha value is -7.11. The Kier molecular flexibility index (Phi) is 12.7. The van der Waals surface area contributed by atoms with Gasteiger partial charge in [0, 0.05) is 45.9 Å². The fraction of sp³-hybridized carbons (Fsp3) is 0.319. The Bertz CT molecular complexity index is 3510. The van der Waals surface area contributed by atoms with Gasteiger partial charge < -0.3 is 14.5 Å². The molecule has 378 valence electrons. The predicted molar refractivity (Wildman–Crippen MR) is 315 cm³/mol. The molecule has 5 heteroatoms. The molecule has 5 nitrogen and oxygen atoms in total. The maximum atomic E-state index is 7.26. The van der Waals surface area contributed by atoms with E-state index in [2.05, 4.69) is 276 Å². The maximum absolute atomic E-state index is 7.26. The van der Waals surface area contributed by atoms with Crippen molar-refractivity contribution in [2.75, 3.05) is 16.5 Å². The zero-order chi connectivity index (χ0) is 52.6. The maximum Gasteiger partial charge on any atom is 0.137 e. The van der Waals surface area contributed by atoms with Gasteiger partial charge in [-0.05, 0) is 145 Å². The molecule has 0 saturated heterocycles. The summed E-state index contributed by atoms with van der Waals surface area (Å²) in [6.45, 7) is 35.4. The summed E-state index contributed by atoms with van der Waals surface area (Å²) in [7, 11) is 0. The van der Waals surface area contributed by atoms with Crippen molar-refractivity contribution in [1.29, 1.82) is 0 Å². The number of benzene rings is 7. The van der Waals surface area contributed by atoms with Crippen LogP contribution in [0.1, 0.15) is 155 Å². The molecule has 0 unspecified atom stereocenters. The monoisotopic (exact) mass is 977 g/mol. The number of hydrogen-bond acceptors (Lipinski definition) is 4. The van der Waals surface area contributed by atoms with Crippen molar-refractivity contribution >= 4 is 44.6 Å². The van der Waals surface area contributed by atoms with Gasteiger partial charge in [-0.1, -0.05) is 183 Å². The Morgan fingerprint density at radius 3 is 1.65 bits per heavy atom. The molecular weight excluding hydrogens is 901 g/mol. The van der Waals surface area contributed by atoms with Crippen molar-refractivity contribution in [2.24, 2.45) is 0 Å². The van der Waals surface area contributed by atoms with Crippen LogP contribution in [0.15, 0.2) is 164 Å². The van der Waals surface area contributed by atoms with E-state index in [9.17, 15) is 0 Å². The third kappa shape index (κ3) is 9.29. The highest BCUT2D eigenvalue weighted by Crippen LogP contribution is 2.51. The van der Waals surface area contributed by atoms with Gasteiger partial charge in [0.05, 0.1) is 22.4 Å². The third-order valence-electron chi connectivity index (χ3n) is 15.6. The van der Waals surface area contributed by atoms with E-state index in [1.807, 2.05) is 6.20 Å². The molecule has 1 aliphatic rings. The number of ether oxygens (including phenoxy) is 1. The number of anilines is 4. The van der Waals surface area contributed by atoms with Crippen LogP contribution in [0.2, 0.25) is 0 Å². The summed E-state index contributed by atoms with van der Waals surface area (Å²) in [5.74, 6) is 3.08. The Balaban J connectivity index is 1.16. The lowest BCUT2D eigenvalue weighted by Gasteiger charge is -2.32. The van der Waals surface area contributed by atoms with Crippen LogP contribution in [-0.2, 0) is 21.7 Å². The van der Waals surface area contributed by atoms with E-state index >= 15 is 0 Å². The normalized spacial score (nSPS) is 13.5. The van der Waals surface area contributed by atoms with Gasteiger partial charge in [0.2, 0.25) is 0 Å². The van der Waals surface area contributed by atoms with E-state index in [4.69, 9.17) is 9.72 Å². The Morgan fingerprint density at radius 2 is 1.04 bits per heavy atom. The first-order valence-electron chi connectivity index (χ1n) is 26.9. The first kappa shape index (κ1) is 50.4. The van der Waals surface area contributed by atoms with E-state index in [0.29, 0.717) is 18.5 Å². The van der Waals surface area contributed by atoms with Crippen molar-refractivity contribution in [2.45, 2.75) is 137 Å². The summed E-state index contributed by atoms with van der Waals surface area (Å²) in [6, 6.07) is 58.5. The summed E-state index contributed by atoms with van der Waals surface area (Å²) in [5.41, 5.74) is 18.1. The largest absolute Gasteiger partial charge is 0.457 e. The molecule has 0 amide bonds. The molecular formula is C69H76N4O. The van der Waals surface area contributed by atoms with E-state index in [1.54, 1.807) is 0 Å². The molecule has 10 rings (SSSR count). The minimum atomic E-state index is -0.150. The second-order valence-electron chi connectivity index (χ2n) is 25.0. The van der Waals surface area contributed by atoms with Crippen LogP contribution < -0.4 is 14.5 Å². The van der Waals surface area contributed by atoms with Crippen molar-refractivity contribution in [1.82, 2.24) is 9.55 Å². The molecule has 0 aliphatic carbocycles. The topological polar surface area (TPSA) is 33.5 Å². The van der Waals surface area contributed by atoms with Gasteiger partial charge in [-0.25, -0.2) is 4.98 Å². The molecule has 0 saturated carbocycles. The lowest BCUT2D eigenvalue weighted by Crippen LogP contribution is -2.24. The first-order chi connectivity index (χ1) is 35.0. The summed E-state index contributed by atoms with van der Waals surface area (Å²) in [5, 5.41) is 2.34. The molecule has 0 radical (unpaired) electrons. The number of rotatable bonds is 10. The van der Waals surface area contributed by atoms with Crippen LogP contribution in [0.5, 0.6) is 11.5 Å². The first-order valence-corrected chi connectivity index (χ1v) is 26.9. The summed E-state index contributed by atoms with van der Waals surface area (Å²) in [6.07, 6.45) is 1.94. The molecule has 0 fully saturated rings. The molecule has 1 aliphatic heterocycles. The van der Waals surface area contributed by atoms with E-state index in [-0.39, 0.29) is 21.7 Å². The number of aromatic nitrogens is 2. The van der Waals surface area contributed by atoms with Gasteiger partial charge in [-0.2, -0.15) is 0 Å². The SMILES string of the molecule is CC(C)c1cccc(C(C)C)c1-c1cc(Oc2ccc3c4ccccc4n(-c4cc(C(C)(C)C)ccn4)c3c2)cc(N2CN(c3ccc(C(C)(C)c4ccccc4)cc3)c3cc(C(C)(C)C)c(C(C)(C)C)cc32)c1. The van der Waals surface area contributed by atoms with E-state index < -0.39 is 0 Å². The van der Waals surface area contributed by atoms with Gasteiger partial charge in [0.1, 0.15) is 24.0 Å². The minimum Gasteiger partial charge on any atom is -0.457 e. The standard InChI is InChI=1S/C69H76N4O/c1-44(2)54-25-21-26-55(45(3)4)65(54)46-36-51(39-53(37-46)74-52-32-33-57-56-24-19-20-27-60(56)73(61(57)40-52)64-38-49(34-35-70-64)66(5,6)7)72-43-71(62-41-58(67(8,9)10)59(42-63(62)72)68(11,12)13)50-30-28-48(29-31-50)69(14,15)47-22-17-16-18-23-47/h16-42,44-45H,43H2,1-15H3. The summed E-state index contributed by atoms with van der Waals surface area (Å²) in [4.78, 5) is 10.0. The summed E-state index contributed by atoms with van der Waals surface area (Å²) >= 11 is 0. The van der Waals surface area contributed by atoms with Crippen molar-refractivity contribution < 1.29 is 4.74 Å². The molecule has 74 heavy (non-hydrogen) atoms. The number of fused-ring (bicyclic) bond motifs is 4. The molecule has 3 heterocycles. The third-order valence-corrected chi connectivity index (χ3v) is 15.6. The number of para-hydroxylation sites is 1. The Labute approximate surface area is 441 Å². The van der Waals surface area contributed by atoms with Gasteiger partial charge in [-0.15, -0.1) is 0 Å². The quantitative estimate of drug-likeness (QED) is 0.137. The highest BCUT2D eigenvalue weighted by atomic mass is 16.5. The lowest BCUT2D eigenvalue weighted by molar-refractivity contribution is 0.483. The minimum absolute atomic E-state index is 0.0303. The number of pyridine rings is 1. The lowest BCUT2D eigenvalue weighted by atomic mass is 9.74. The number of hydrogen-bond donors (Lipinski definition) is 0. The van der Waals surface area contributed by atoms with Crippen molar-refractivity contribution in [3.05, 3.63) is 203 Å². The molecule has 0 bridgehead atoms. The van der Waals surface area contributed by atoms with Crippen LogP contribution in [0, 0.1) is 0 Å². The van der Waals surface area contributed by atoms with Crippen LogP contribution in [-0.4, -0.2) is 16.2 Å². The fourth-order valence-electron chi connectivity index (χ4n) is 11.3.